The minimum atomic E-state index is -0.254. The molecule has 4 rings (SSSR count). The molecule has 2 aliphatic rings. The van der Waals surface area contributed by atoms with E-state index in [9.17, 15) is 14.4 Å². The third kappa shape index (κ3) is 5.80. The fourth-order valence-corrected chi connectivity index (χ4v) is 4.65. The zero-order chi connectivity index (χ0) is 25.7. The number of nitrogens with zero attached hydrogens (tertiary/aromatic N) is 3. The number of hydrogen-bond acceptors (Lipinski definition) is 5. The number of nitrogens with one attached hydrogen (secondary N) is 1. The molecule has 0 bridgehead atoms. The second-order valence-corrected chi connectivity index (χ2v) is 9.33. The van der Waals surface area contributed by atoms with E-state index in [1.54, 1.807) is 42.3 Å². The molecule has 1 heterocycles. The van der Waals surface area contributed by atoms with Gasteiger partial charge in [-0.25, -0.2) is 0 Å². The Hall–Kier alpha value is -3.55. The van der Waals surface area contributed by atoms with E-state index >= 15 is 0 Å². The molecule has 8 heteroatoms. The van der Waals surface area contributed by atoms with E-state index < -0.39 is 0 Å². The number of carbonyl (C=O) groups is 3. The van der Waals surface area contributed by atoms with Crippen molar-refractivity contribution < 1.29 is 19.1 Å². The second kappa shape index (κ2) is 11.5. The van der Waals surface area contributed by atoms with Gasteiger partial charge in [0.25, 0.3) is 11.8 Å². The first kappa shape index (κ1) is 25.5. The second-order valence-electron chi connectivity index (χ2n) is 9.33. The van der Waals surface area contributed by atoms with Crippen LogP contribution in [-0.2, 0) is 4.79 Å². The lowest BCUT2D eigenvalue weighted by atomic mass is 10.1. The van der Waals surface area contributed by atoms with Crippen LogP contribution in [0.4, 0.5) is 11.4 Å². The zero-order valence-electron chi connectivity index (χ0n) is 21.5. The van der Waals surface area contributed by atoms with Crippen molar-refractivity contribution in [3.05, 3.63) is 53.6 Å². The van der Waals surface area contributed by atoms with E-state index in [2.05, 4.69) is 10.2 Å². The largest absolute Gasteiger partial charge is 0.497 e. The maximum absolute atomic E-state index is 13.5. The Balaban J connectivity index is 1.57. The highest BCUT2D eigenvalue weighted by atomic mass is 16.5. The molecule has 36 heavy (non-hydrogen) atoms. The minimum absolute atomic E-state index is 0.0642. The Morgan fingerprint density at radius 2 is 1.69 bits per heavy atom. The Bertz CT molecular complexity index is 1090. The van der Waals surface area contributed by atoms with Gasteiger partial charge in [-0.15, -0.1) is 0 Å². The smallest absolute Gasteiger partial charge is 0.256 e. The van der Waals surface area contributed by atoms with Gasteiger partial charge in [-0.2, -0.15) is 0 Å². The van der Waals surface area contributed by atoms with Crippen LogP contribution in [0.5, 0.6) is 5.75 Å². The van der Waals surface area contributed by atoms with Gasteiger partial charge in [-0.3, -0.25) is 14.4 Å². The number of rotatable bonds is 8. The summed E-state index contributed by atoms with van der Waals surface area (Å²) in [7, 11) is 1.58. The van der Waals surface area contributed by atoms with Crippen molar-refractivity contribution in [2.24, 2.45) is 5.92 Å². The number of ether oxygens (including phenoxy) is 1. The Morgan fingerprint density at radius 1 is 0.972 bits per heavy atom. The van der Waals surface area contributed by atoms with Gasteiger partial charge in [0, 0.05) is 62.1 Å². The maximum Gasteiger partial charge on any atom is 0.256 e. The van der Waals surface area contributed by atoms with Crippen molar-refractivity contribution in [2.75, 3.05) is 56.6 Å². The molecule has 1 aliphatic heterocycles. The van der Waals surface area contributed by atoms with Gasteiger partial charge in [-0.05, 0) is 75.6 Å². The number of benzene rings is 2. The maximum atomic E-state index is 13.5. The summed E-state index contributed by atoms with van der Waals surface area (Å²) in [5.74, 6) is 0.844. The van der Waals surface area contributed by atoms with E-state index in [-0.39, 0.29) is 23.6 Å². The first-order valence-corrected chi connectivity index (χ1v) is 12.9. The van der Waals surface area contributed by atoms with Crippen LogP contribution in [0.25, 0.3) is 0 Å². The van der Waals surface area contributed by atoms with Gasteiger partial charge < -0.3 is 24.8 Å². The van der Waals surface area contributed by atoms with Crippen molar-refractivity contribution in [1.82, 2.24) is 9.80 Å². The molecule has 8 nitrogen and oxygen atoms in total. The molecule has 0 radical (unpaired) electrons. The highest BCUT2D eigenvalue weighted by Crippen LogP contribution is 2.32. The molecule has 1 saturated heterocycles. The van der Waals surface area contributed by atoms with Crippen LogP contribution in [0, 0.1) is 5.92 Å². The Morgan fingerprint density at radius 3 is 2.33 bits per heavy atom. The molecule has 0 unspecified atom stereocenters. The molecule has 0 atom stereocenters. The van der Waals surface area contributed by atoms with Gasteiger partial charge in [0.2, 0.25) is 5.91 Å². The fourth-order valence-electron chi connectivity index (χ4n) is 4.65. The average Bonchev–Trinajstić information content (AvgIpc) is 3.76. The summed E-state index contributed by atoms with van der Waals surface area (Å²) in [4.78, 5) is 44.9. The van der Waals surface area contributed by atoms with Gasteiger partial charge in [0.1, 0.15) is 5.75 Å². The zero-order valence-corrected chi connectivity index (χ0v) is 21.5. The van der Waals surface area contributed by atoms with Crippen molar-refractivity contribution in [2.45, 2.75) is 33.1 Å². The highest BCUT2D eigenvalue weighted by Gasteiger charge is 2.34. The van der Waals surface area contributed by atoms with E-state index in [1.807, 2.05) is 30.9 Å². The molecule has 1 aliphatic carbocycles. The minimum Gasteiger partial charge on any atom is -0.497 e. The molecule has 0 aromatic heterocycles. The van der Waals surface area contributed by atoms with Crippen molar-refractivity contribution in [3.8, 4) is 5.75 Å². The van der Waals surface area contributed by atoms with Crippen LogP contribution in [0.2, 0.25) is 0 Å². The quantitative estimate of drug-likeness (QED) is 0.605. The third-order valence-corrected chi connectivity index (χ3v) is 6.96. The molecule has 2 aromatic carbocycles. The van der Waals surface area contributed by atoms with Gasteiger partial charge in [0.05, 0.1) is 12.7 Å². The van der Waals surface area contributed by atoms with E-state index in [1.165, 1.54) is 0 Å². The highest BCUT2D eigenvalue weighted by molar-refractivity contribution is 6.06. The van der Waals surface area contributed by atoms with Crippen LogP contribution in [0.15, 0.2) is 42.5 Å². The molecule has 3 amide bonds. The third-order valence-electron chi connectivity index (χ3n) is 6.96. The van der Waals surface area contributed by atoms with Crippen LogP contribution in [0.3, 0.4) is 0 Å². The Kier molecular flexibility index (Phi) is 8.13. The summed E-state index contributed by atoms with van der Waals surface area (Å²) >= 11 is 0. The Labute approximate surface area is 213 Å². The summed E-state index contributed by atoms with van der Waals surface area (Å²) in [6.07, 6.45) is 2.86. The number of anilines is 2. The molecular weight excluding hydrogens is 456 g/mol. The van der Waals surface area contributed by atoms with Crippen LogP contribution >= 0.6 is 0 Å². The lowest BCUT2D eigenvalue weighted by molar-refractivity contribution is -0.132. The monoisotopic (exact) mass is 492 g/mol. The standard InChI is InChI=1S/C28H36N4O4/c1-4-30(5-2)28(35)24-19-22(29-26(33)20-9-12-23(36-3)13-10-20)11-14-25(24)31-15-6-16-32(18-17-31)27(34)21-7-8-21/h9-14,19,21H,4-8,15-18H2,1-3H3,(H,29,33). The first-order chi connectivity index (χ1) is 17.4. The molecule has 1 saturated carbocycles. The van der Waals surface area contributed by atoms with Crippen LogP contribution in [-0.4, -0.2) is 73.9 Å². The average molecular weight is 493 g/mol. The normalized spacial score (nSPS) is 15.8. The first-order valence-electron chi connectivity index (χ1n) is 12.9. The summed E-state index contributed by atoms with van der Waals surface area (Å²) in [6.45, 7) is 7.97. The topological polar surface area (TPSA) is 82.2 Å². The summed E-state index contributed by atoms with van der Waals surface area (Å²) in [5.41, 5.74) is 2.48. The molecule has 192 valence electrons. The SMILES string of the molecule is CCN(CC)C(=O)c1cc(NC(=O)c2ccc(OC)cc2)ccc1N1CCCN(C(=O)C2CC2)CC1. The number of carbonyl (C=O) groups excluding carboxylic acids is 3. The predicted molar refractivity (Wildman–Crippen MR) is 141 cm³/mol. The number of hydrogen-bond donors (Lipinski definition) is 1. The predicted octanol–water partition coefficient (Wildman–Crippen LogP) is 3.88. The summed E-state index contributed by atoms with van der Waals surface area (Å²) < 4.78 is 5.17. The van der Waals surface area contributed by atoms with Crippen LogP contribution in [0.1, 0.15) is 53.8 Å². The molecular formula is C28H36N4O4. The van der Waals surface area contributed by atoms with Gasteiger partial charge >= 0.3 is 0 Å². The fraction of sp³-hybridized carbons (Fsp3) is 0.464. The van der Waals surface area contributed by atoms with Crippen LogP contribution < -0.4 is 15.0 Å². The lowest BCUT2D eigenvalue weighted by Gasteiger charge is -2.28. The van der Waals surface area contributed by atoms with Crippen molar-refractivity contribution in [3.63, 3.8) is 0 Å². The number of amides is 3. The van der Waals surface area contributed by atoms with Gasteiger partial charge in [0.15, 0.2) is 0 Å². The van der Waals surface area contributed by atoms with E-state index in [0.717, 1.165) is 38.0 Å². The summed E-state index contributed by atoms with van der Waals surface area (Å²) in [6, 6.07) is 12.4. The van der Waals surface area contributed by atoms with Gasteiger partial charge in [-0.1, -0.05) is 0 Å². The summed E-state index contributed by atoms with van der Waals surface area (Å²) in [5, 5.41) is 2.93. The molecule has 2 fully saturated rings. The molecule has 2 aromatic rings. The lowest BCUT2D eigenvalue weighted by Crippen LogP contribution is -2.37. The van der Waals surface area contributed by atoms with Crippen molar-refractivity contribution >= 4 is 29.1 Å². The van der Waals surface area contributed by atoms with E-state index in [0.29, 0.717) is 48.7 Å². The molecule has 1 N–H and O–H groups in total. The van der Waals surface area contributed by atoms with Crippen molar-refractivity contribution in [1.29, 1.82) is 0 Å². The molecule has 0 spiro atoms. The van der Waals surface area contributed by atoms with E-state index in [4.69, 9.17) is 4.74 Å². The number of methoxy groups -OCH3 is 1.